The van der Waals surface area contributed by atoms with E-state index in [1.54, 1.807) is 0 Å². The number of hydrogen-bond acceptors (Lipinski definition) is 5. The van der Waals surface area contributed by atoms with Crippen molar-refractivity contribution in [2.45, 2.75) is 37.0 Å². The van der Waals surface area contributed by atoms with Crippen LogP contribution in [0, 0.1) is 10.1 Å². The molecule has 1 N–H and O–H groups in total. The lowest BCUT2D eigenvalue weighted by atomic mass is 10.0. The summed E-state index contributed by atoms with van der Waals surface area (Å²) in [4.78, 5) is 31.6. The van der Waals surface area contributed by atoms with Gasteiger partial charge in [0.2, 0.25) is 5.78 Å². The molecule has 1 aliphatic heterocycles. The average molecular weight is 247 g/mol. The topological polar surface area (TPSA) is 97.5 Å². The normalized spacial score (nSPS) is 24.6. The van der Waals surface area contributed by atoms with Crippen molar-refractivity contribution in [2.75, 3.05) is 5.75 Å². The number of rotatable bonds is 6. The number of hydrogen-bond donors (Lipinski definition) is 1. The van der Waals surface area contributed by atoms with Crippen LogP contribution in [-0.4, -0.2) is 38.8 Å². The number of unbranched alkanes of at least 4 members (excludes halogenated alkanes) is 1. The fourth-order valence-electron chi connectivity index (χ4n) is 1.69. The maximum atomic E-state index is 11.2. The Kier molecular flexibility index (Phi) is 4.72. The standard InChI is InChI=1S/C9H13NO5S/c11-6-5-16-7(9(6)10(14)15)3-1-2-4-8(12)13/h7,9H,1-5H2,(H,12,13). The highest BCUT2D eigenvalue weighted by molar-refractivity contribution is 8.01. The third-order valence-electron chi connectivity index (χ3n) is 2.48. The van der Waals surface area contributed by atoms with Crippen LogP contribution in [0.2, 0.25) is 0 Å². The number of carbonyl (C=O) groups excluding carboxylic acids is 1. The highest BCUT2D eigenvalue weighted by Crippen LogP contribution is 2.30. The number of carboxylic acid groups (broad SMARTS) is 1. The molecule has 2 atom stereocenters. The zero-order valence-corrected chi connectivity index (χ0v) is 9.44. The number of thioether (sulfide) groups is 1. The molecule has 0 bridgehead atoms. The lowest BCUT2D eigenvalue weighted by Crippen LogP contribution is -2.33. The van der Waals surface area contributed by atoms with E-state index in [2.05, 4.69) is 0 Å². The number of nitrogens with zero attached hydrogens (tertiary/aromatic N) is 1. The predicted molar refractivity (Wildman–Crippen MR) is 58.1 cm³/mol. The molecule has 0 saturated carbocycles. The molecule has 0 aromatic rings. The molecule has 90 valence electrons. The second-order valence-corrected chi connectivity index (χ2v) is 4.91. The van der Waals surface area contributed by atoms with Gasteiger partial charge in [-0.15, -0.1) is 11.8 Å². The van der Waals surface area contributed by atoms with E-state index in [0.29, 0.717) is 19.3 Å². The Labute approximate surface area is 96.5 Å². The first kappa shape index (κ1) is 13.0. The van der Waals surface area contributed by atoms with Gasteiger partial charge in [-0.3, -0.25) is 19.7 Å². The third kappa shape index (κ3) is 3.48. The van der Waals surface area contributed by atoms with Crippen LogP contribution in [0.1, 0.15) is 25.7 Å². The molecule has 6 nitrogen and oxygen atoms in total. The molecule has 7 heteroatoms. The van der Waals surface area contributed by atoms with Gasteiger partial charge < -0.3 is 5.11 Å². The van der Waals surface area contributed by atoms with Crippen molar-refractivity contribution in [1.82, 2.24) is 0 Å². The molecule has 1 aliphatic rings. The van der Waals surface area contributed by atoms with Gasteiger partial charge in [0, 0.05) is 11.3 Å². The van der Waals surface area contributed by atoms with Gasteiger partial charge in [-0.1, -0.05) is 6.42 Å². The monoisotopic (exact) mass is 247 g/mol. The average Bonchev–Trinajstić information content (AvgIpc) is 2.54. The number of ketones is 1. The largest absolute Gasteiger partial charge is 0.481 e. The molecule has 16 heavy (non-hydrogen) atoms. The summed E-state index contributed by atoms with van der Waals surface area (Å²) in [6, 6.07) is -1.09. The van der Waals surface area contributed by atoms with Crippen molar-refractivity contribution in [2.24, 2.45) is 0 Å². The van der Waals surface area contributed by atoms with Gasteiger partial charge in [0.05, 0.1) is 11.0 Å². The van der Waals surface area contributed by atoms with Crippen LogP contribution in [0.4, 0.5) is 0 Å². The van der Waals surface area contributed by atoms with E-state index < -0.39 is 16.9 Å². The Hall–Kier alpha value is -1.11. The number of carbonyl (C=O) groups is 2. The molecular weight excluding hydrogens is 234 g/mol. The fraction of sp³-hybridized carbons (Fsp3) is 0.778. The molecular formula is C9H13NO5S. The van der Waals surface area contributed by atoms with Crippen molar-refractivity contribution < 1.29 is 19.6 Å². The molecule has 1 rings (SSSR count). The van der Waals surface area contributed by atoms with Crippen molar-refractivity contribution in [3.63, 3.8) is 0 Å². The Balaban J connectivity index is 2.33. The Bertz CT molecular complexity index is 306. The van der Waals surface area contributed by atoms with E-state index in [9.17, 15) is 19.7 Å². The molecule has 0 radical (unpaired) electrons. The predicted octanol–water partition coefficient (Wildman–Crippen LogP) is 0.961. The van der Waals surface area contributed by atoms with E-state index >= 15 is 0 Å². The highest BCUT2D eigenvalue weighted by atomic mass is 32.2. The molecule has 1 heterocycles. The molecule has 0 amide bonds. The summed E-state index contributed by atoms with van der Waals surface area (Å²) in [5, 5.41) is 18.8. The Morgan fingerprint density at radius 2 is 2.25 bits per heavy atom. The number of nitro groups is 1. The second kappa shape index (κ2) is 5.83. The summed E-state index contributed by atoms with van der Waals surface area (Å²) in [5.74, 6) is -0.978. The van der Waals surface area contributed by atoms with Gasteiger partial charge in [0.15, 0.2) is 0 Å². The quantitative estimate of drug-likeness (QED) is 0.426. The molecule has 1 saturated heterocycles. The summed E-state index contributed by atoms with van der Waals surface area (Å²) in [6.45, 7) is 0. The second-order valence-electron chi connectivity index (χ2n) is 3.69. The molecule has 0 spiro atoms. The molecule has 0 aliphatic carbocycles. The van der Waals surface area contributed by atoms with E-state index in [4.69, 9.17) is 5.11 Å². The first-order valence-corrected chi connectivity index (χ1v) is 6.07. The highest BCUT2D eigenvalue weighted by Gasteiger charge is 2.43. The van der Waals surface area contributed by atoms with Gasteiger partial charge in [0.25, 0.3) is 6.04 Å². The summed E-state index contributed by atoms with van der Waals surface area (Å²) in [7, 11) is 0. The number of carboxylic acids is 1. The zero-order chi connectivity index (χ0) is 12.1. The third-order valence-corrected chi connectivity index (χ3v) is 3.85. The molecule has 2 unspecified atom stereocenters. The van der Waals surface area contributed by atoms with Crippen LogP contribution in [0.5, 0.6) is 0 Å². The SMILES string of the molecule is O=C(O)CCCCC1SCC(=O)C1[N+](=O)[O-]. The van der Waals surface area contributed by atoms with Crippen molar-refractivity contribution >= 4 is 23.5 Å². The summed E-state index contributed by atoms with van der Waals surface area (Å²) < 4.78 is 0. The van der Waals surface area contributed by atoms with Crippen LogP contribution in [0.15, 0.2) is 0 Å². The Morgan fingerprint density at radius 3 is 2.81 bits per heavy atom. The van der Waals surface area contributed by atoms with Crippen LogP contribution in [0.25, 0.3) is 0 Å². The summed E-state index contributed by atoms with van der Waals surface area (Å²) in [5.41, 5.74) is 0. The van der Waals surface area contributed by atoms with E-state index in [1.165, 1.54) is 11.8 Å². The number of aliphatic carboxylic acids is 1. The molecule has 0 aromatic carbocycles. The maximum absolute atomic E-state index is 11.2. The lowest BCUT2D eigenvalue weighted by molar-refractivity contribution is -0.505. The van der Waals surface area contributed by atoms with Gasteiger partial charge in [0.1, 0.15) is 0 Å². The first-order chi connectivity index (χ1) is 7.52. The van der Waals surface area contributed by atoms with Crippen LogP contribution in [-0.2, 0) is 9.59 Å². The number of Topliss-reactive ketones (excluding diaryl/α,β-unsaturated/α-hetero) is 1. The van der Waals surface area contributed by atoms with Crippen molar-refractivity contribution in [3.05, 3.63) is 10.1 Å². The van der Waals surface area contributed by atoms with Gasteiger partial charge in [-0.2, -0.15) is 0 Å². The van der Waals surface area contributed by atoms with E-state index in [1.807, 2.05) is 0 Å². The minimum absolute atomic E-state index is 0.0778. The fourth-order valence-corrected chi connectivity index (χ4v) is 3.01. The maximum Gasteiger partial charge on any atom is 0.303 e. The summed E-state index contributed by atoms with van der Waals surface area (Å²) >= 11 is 1.31. The van der Waals surface area contributed by atoms with Gasteiger partial charge in [-0.25, -0.2) is 0 Å². The van der Waals surface area contributed by atoms with Crippen molar-refractivity contribution in [3.8, 4) is 0 Å². The lowest BCUT2D eigenvalue weighted by Gasteiger charge is -2.09. The molecule has 1 fully saturated rings. The smallest absolute Gasteiger partial charge is 0.303 e. The minimum Gasteiger partial charge on any atom is -0.481 e. The molecule has 0 aromatic heterocycles. The van der Waals surface area contributed by atoms with Gasteiger partial charge >= 0.3 is 5.97 Å². The van der Waals surface area contributed by atoms with Crippen molar-refractivity contribution in [1.29, 1.82) is 0 Å². The van der Waals surface area contributed by atoms with Crippen LogP contribution < -0.4 is 0 Å². The first-order valence-electron chi connectivity index (χ1n) is 5.02. The Morgan fingerprint density at radius 1 is 1.56 bits per heavy atom. The van der Waals surface area contributed by atoms with Crippen LogP contribution >= 0.6 is 11.8 Å². The summed E-state index contributed by atoms with van der Waals surface area (Å²) in [6.07, 6.45) is 1.73. The van der Waals surface area contributed by atoms with E-state index in [0.717, 1.165) is 0 Å². The van der Waals surface area contributed by atoms with Gasteiger partial charge in [-0.05, 0) is 12.8 Å². The zero-order valence-electron chi connectivity index (χ0n) is 8.63. The minimum atomic E-state index is -1.09. The van der Waals surface area contributed by atoms with Crippen LogP contribution in [0.3, 0.4) is 0 Å². The van der Waals surface area contributed by atoms with E-state index in [-0.39, 0.29) is 23.2 Å².